The van der Waals surface area contributed by atoms with E-state index in [0.717, 1.165) is 12.8 Å². The predicted molar refractivity (Wildman–Crippen MR) is 90.5 cm³/mol. The van der Waals surface area contributed by atoms with Gasteiger partial charge in [0.25, 0.3) is 0 Å². The van der Waals surface area contributed by atoms with Crippen LogP contribution in [0.5, 0.6) is 0 Å². The summed E-state index contributed by atoms with van der Waals surface area (Å²) in [7, 11) is -2.86. The van der Waals surface area contributed by atoms with Crippen LogP contribution in [0.1, 0.15) is 59.8 Å². The van der Waals surface area contributed by atoms with Crippen LogP contribution in [0.4, 0.5) is 0 Å². The van der Waals surface area contributed by atoms with E-state index in [0.29, 0.717) is 24.7 Å². The highest BCUT2D eigenvalue weighted by atomic mass is 31.2. The molecule has 1 fully saturated rings. The number of hydrogen-bond donors (Lipinski definition) is 0. The third kappa shape index (κ3) is 5.89. The second-order valence-corrected chi connectivity index (χ2v) is 9.27. The van der Waals surface area contributed by atoms with Gasteiger partial charge in [0.05, 0.1) is 19.4 Å². The molecule has 0 saturated heterocycles. The van der Waals surface area contributed by atoms with E-state index in [2.05, 4.69) is 0 Å². The fourth-order valence-electron chi connectivity index (χ4n) is 2.83. The minimum absolute atomic E-state index is 0.100. The minimum Gasteiger partial charge on any atom is -0.463 e. The summed E-state index contributed by atoms with van der Waals surface area (Å²) in [5.41, 5.74) is 0.441. The van der Waals surface area contributed by atoms with E-state index in [1.54, 1.807) is 6.92 Å². The van der Waals surface area contributed by atoms with Crippen molar-refractivity contribution in [1.29, 1.82) is 0 Å². The normalized spacial score (nSPS) is 20.0. The van der Waals surface area contributed by atoms with E-state index < -0.39 is 7.37 Å². The molecule has 0 aromatic heterocycles. The van der Waals surface area contributed by atoms with Gasteiger partial charge in [-0.3, -0.25) is 4.57 Å². The number of ether oxygens (including phenoxy) is 1. The van der Waals surface area contributed by atoms with Gasteiger partial charge in [0.2, 0.25) is 7.37 Å². The second-order valence-electron chi connectivity index (χ2n) is 6.21. The summed E-state index contributed by atoms with van der Waals surface area (Å²) in [6.07, 6.45) is 8.06. The molecule has 0 amide bonds. The summed E-state index contributed by atoms with van der Waals surface area (Å²) in [4.78, 5) is 12.3. The fraction of sp³-hybridized carbons (Fsp3) is 0.824. The molecule has 0 radical (unpaired) electrons. The lowest BCUT2D eigenvalue weighted by molar-refractivity contribution is -0.138. The average Bonchev–Trinajstić information content (AvgIpc) is 2.48. The highest BCUT2D eigenvalue weighted by Crippen LogP contribution is 2.53. The number of hydrogen-bond acceptors (Lipinski definition) is 4. The maximum atomic E-state index is 13.0. The van der Waals surface area contributed by atoms with Gasteiger partial charge in [-0.15, -0.1) is 0 Å². The van der Waals surface area contributed by atoms with Gasteiger partial charge in [0.1, 0.15) is 0 Å². The van der Waals surface area contributed by atoms with Gasteiger partial charge >= 0.3 is 5.97 Å². The Morgan fingerprint density at radius 1 is 1.18 bits per heavy atom. The topological polar surface area (TPSA) is 52.6 Å². The first-order valence-electron chi connectivity index (χ1n) is 8.54. The quantitative estimate of drug-likeness (QED) is 0.365. The van der Waals surface area contributed by atoms with Gasteiger partial charge in [0, 0.05) is 11.2 Å². The molecule has 1 unspecified atom stereocenters. The first-order chi connectivity index (χ1) is 10.4. The van der Waals surface area contributed by atoms with Crippen molar-refractivity contribution in [3.8, 4) is 0 Å². The molecule has 0 aliphatic heterocycles. The van der Waals surface area contributed by atoms with Gasteiger partial charge in [0.15, 0.2) is 0 Å². The lowest BCUT2D eigenvalue weighted by Crippen LogP contribution is -2.17. The van der Waals surface area contributed by atoms with Crippen molar-refractivity contribution >= 4 is 13.3 Å². The van der Waals surface area contributed by atoms with Gasteiger partial charge in [-0.2, -0.15) is 0 Å². The van der Waals surface area contributed by atoms with E-state index in [-0.39, 0.29) is 17.8 Å². The molecule has 1 atom stereocenters. The lowest BCUT2D eigenvalue weighted by atomic mass is 9.88. The lowest BCUT2D eigenvalue weighted by Gasteiger charge is -2.24. The number of rotatable bonds is 8. The highest BCUT2D eigenvalue weighted by molar-refractivity contribution is 7.60. The van der Waals surface area contributed by atoms with Crippen LogP contribution >= 0.6 is 7.37 Å². The Labute approximate surface area is 135 Å². The summed E-state index contributed by atoms with van der Waals surface area (Å²) >= 11 is 0. The van der Waals surface area contributed by atoms with Crippen molar-refractivity contribution < 1.29 is 18.6 Å². The standard InChI is InChI=1S/C17H31O4P/c1-5-20-17(18)16(12-15-10-8-7-9-11-15)13-22(19,14(3)4)21-6-2/h12,14-15H,5-11,13H2,1-4H3. The Morgan fingerprint density at radius 3 is 2.32 bits per heavy atom. The molecule has 1 saturated carbocycles. The number of esters is 1. The molecule has 0 heterocycles. The van der Waals surface area contributed by atoms with Crippen LogP contribution in [0.3, 0.4) is 0 Å². The molecule has 22 heavy (non-hydrogen) atoms. The van der Waals surface area contributed by atoms with Crippen molar-refractivity contribution in [3.05, 3.63) is 11.6 Å². The van der Waals surface area contributed by atoms with Crippen LogP contribution in [0.2, 0.25) is 0 Å². The number of carbonyl (C=O) groups is 1. The van der Waals surface area contributed by atoms with E-state index in [4.69, 9.17) is 9.26 Å². The third-order valence-corrected chi connectivity index (χ3v) is 7.20. The van der Waals surface area contributed by atoms with Crippen LogP contribution < -0.4 is 0 Å². The van der Waals surface area contributed by atoms with Gasteiger partial charge in [-0.05, 0) is 32.6 Å². The molecule has 0 aromatic rings. The van der Waals surface area contributed by atoms with E-state index >= 15 is 0 Å². The van der Waals surface area contributed by atoms with Crippen molar-refractivity contribution in [1.82, 2.24) is 0 Å². The molecule has 0 bridgehead atoms. The zero-order valence-corrected chi connectivity index (χ0v) is 15.4. The Morgan fingerprint density at radius 2 is 1.82 bits per heavy atom. The van der Waals surface area contributed by atoms with Crippen LogP contribution in [0, 0.1) is 5.92 Å². The van der Waals surface area contributed by atoms with E-state index in [1.165, 1.54) is 19.3 Å². The summed E-state index contributed by atoms with van der Waals surface area (Å²) in [6, 6.07) is 0. The predicted octanol–water partition coefficient (Wildman–Crippen LogP) is 4.78. The largest absolute Gasteiger partial charge is 0.463 e. The summed E-state index contributed by atoms with van der Waals surface area (Å²) in [6.45, 7) is 8.14. The van der Waals surface area contributed by atoms with Crippen molar-refractivity contribution in [3.63, 3.8) is 0 Å². The third-order valence-electron chi connectivity index (χ3n) is 4.15. The molecule has 0 N–H and O–H groups in total. The Hall–Kier alpha value is -0.600. The molecule has 1 aliphatic rings. The molecular formula is C17H31O4P. The average molecular weight is 330 g/mol. The molecule has 128 valence electrons. The van der Waals surface area contributed by atoms with Crippen LogP contribution in [0.15, 0.2) is 11.6 Å². The van der Waals surface area contributed by atoms with Gasteiger partial charge in [-0.25, -0.2) is 4.79 Å². The molecule has 0 aromatic carbocycles. The Kier molecular flexibility index (Phi) is 8.41. The Balaban J connectivity index is 2.95. The monoisotopic (exact) mass is 330 g/mol. The molecule has 0 spiro atoms. The summed E-state index contributed by atoms with van der Waals surface area (Å²) < 4.78 is 23.7. The van der Waals surface area contributed by atoms with Gasteiger partial charge < -0.3 is 9.26 Å². The van der Waals surface area contributed by atoms with E-state index in [9.17, 15) is 9.36 Å². The smallest absolute Gasteiger partial charge is 0.334 e. The zero-order chi connectivity index (χ0) is 16.6. The number of allylic oxidation sites excluding steroid dienone is 1. The zero-order valence-electron chi connectivity index (χ0n) is 14.5. The highest BCUT2D eigenvalue weighted by Gasteiger charge is 2.31. The summed E-state index contributed by atoms with van der Waals surface area (Å²) in [5, 5.41) is 0. The van der Waals surface area contributed by atoms with Crippen molar-refractivity contribution in [2.45, 2.75) is 65.5 Å². The minimum atomic E-state index is -2.86. The van der Waals surface area contributed by atoms with Crippen LogP contribution in [-0.2, 0) is 18.6 Å². The van der Waals surface area contributed by atoms with E-state index in [1.807, 2.05) is 26.8 Å². The van der Waals surface area contributed by atoms with Crippen LogP contribution in [-0.4, -0.2) is 31.0 Å². The summed E-state index contributed by atoms with van der Waals surface area (Å²) in [5.74, 6) is 0.0593. The van der Waals surface area contributed by atoms with Crippen LogP contribution in [0.25, 0.3) is 0 Å². The first-order valence-corrected chi connectivity index (χ1v) is 10.4. The maximum Gasteiger partial charge on any atom is 0.334 e. The Bertz CT molecular complexity index is 422. The SMILES string of the molecule is CCOC(=O)C(=CC1CCCCC1)CP(=O)(OCC)C(C)C. The molecule has 5 heteroatoms. The molecule has 1 rings (SSSR count). The molecule has 4 nitrogen and oxygen atoms in total. The fourth-order valence-corrected chi connectivity index (χ4v) is 4.73. The first kappa shape index (κ1) is 19.4. The van der Waals surface area contributed by atoms with Gasteiger partial charge in [-0.1, -0.05) is 39.2 Å². The molecule has 1 aliphatic carbocycles. The number of carbonyl (C=O) groups excluding carboxylic acids is 1. The van der Waals surface area contributed by atoms with Crippen molar-refractivity contribution in [2.24, 2.45) is 5.92 Å². The second kappa shape index (κ2) is 9.52. The molecular weight excluding hydrogens is 299 g/mol. The van der Waals surface area contributed by atoms with Crippen molar-refractivity contribution in [2.75, 3.05) is 19.4 Å². The maximum absolute atomic E-state index is 13.0.